The Labute approximate surface area is 104 Å². The van der Waals surface area contributed by atoms with E-state index in [1.54, 1.807) is 24.3 Å². The lowest BCUT2D eigenvalue weighted by molar-refractivity contribution is -0.113. The van der Waals surface area contributed by atoms with E-state index in [4.69, 9.17) is 0 Å². The molecule has 90 valence electrons. The smallest absolute Gasteiger partial charge is 0.338 e. The van der Waals surface area contributed by atoms with Gasteiger partial charge >= 0.3 is 5.97 Å². The van der Waals surface area contributed by atoms with Crippen LogP contribution in [0.15, 0.2) is 42.5 Å². The van der Waals surface area contributed by atoms with Gasteiger partial charge in [-0.05, 0) is 24.3 Å². The van der Waals surface area contributed by atoms with Crippen LogP contribution in [0.4, 0.5) is 0 Å². The molecule has 0 atom stereocenters. The van der Waals surface area contributed by atoms with Gasteiger partial charge in [0.15, 0.2) is 11.6 Å². The van der Waals surface area contributed by atoms with Gasteiger partial charge in [0.2, 0.25) is 0 Å². The summed E-state index contributed by atoms with van der Waals surface area (Å²) in [4.78, 5) is 34.7. The maximum atomic E-state index is 11.7. The molecule has 1 aliphatic rings. The van der Waals surface area contributed by atoms with E-state index < -0.39 is 5.97 Å². The van der Waals surface area contributed by atoms with Gasteiger partial charge in [-0.1, -0.05) is 18.2 Å². The summed E-state index contributed by atoms with van der Waals surface area (Å²) in [7, 11) is 1.27. The van der Waals surface area contributed by atoms with Crippen molar-refractivity contribution in [2.75, 3.05) is 7.11 Å². The molecule has 0 N–H and O–H groups in total. The molecule has 0 radical (unpaired) electrons. The van der Waals surface area contributed by atoms with Crippen molar-refractivity contribution in [2.45, 2.75) is 0 Å². The number of esters is 1. The third-order valence-electron chi connectivity index (χ3n) is 2.57. The lowest BCUT2D eigenvalue weighted by Crippen LogP contribution is -2.11. The topological polar surface area (TPSA) is 60.4 Å². The first kappa shape index (κ1) is 12.0. The third-order valence-corrected chi connectivity index (χ3v) is 2.57. The van der Waals surface area contributed by atoms with Crippen molar-refractivity contribution in [3.63, 3.8) is 0 Å². The van der Waals surface area contributed by atoms with Crippen molar-refractivity contribution in [3.8, 4) is 0 Å². The molecule has 1 aliphatic carbocycles. The molecular weight excluding hydrogens is 232 g/mol. The maximum Gasteiger partial charge on any atom is 0.338 e. The zero-order valence-electron chi connectivity index (χ0n) is 9.67. The van der Waals surface area contributed by atoms with E-state index in [-0.39, 0.29) is 22.7 Å². The number of hydrogen-bond donors (Lipinski definition) is 0. The molecule has 0 aromatic heterocycles. The molecule has 0 fully saturated rings. The van der Waals surface area contributed by atoms with Crippen LogP contribution in [-0.2, 0) is 14.3 Å². The molecule has 0 bridgehead atoms. The Balaban J connectivity index is 2.55. The maximum absolute atomic E-state index is 11.7. The van der Waals surface area contributed by atoms with Crippen molar-refractivity contribution >= 4 is 23.1 Å². The number of ketones is 2. The summed E-state index contributed by atoms with van der Waals surface area (Å²) in [5.74, 6) is -1.11. The van der Waals surface area contributed by atoms with Crippen molar-refractivity contribution < 1.29 is 19.1 Å². The SMILES string of the molecule is COC(=O)c1ccccc1C1=CC(=O)C=CC1=O. The highest BCUT2D eigenvalue weighted by Gasteiger charge is 2.20. The van der Waals surface area contributed by atoms with Crippen LogP contribution in [-0.4, -0.2) is 24.6 Å². The molecule has 0 heterocycles. The quantitative estimate of drug-likeness (QED) is 0.583. The first-order chi connectivity index (χ1) is 8.63. The largest absolute Gasteiger partial charge is 0.465 e. The van der Waals surface area contributed by atoms with Gasteiger partial charge in [0.05, 0.1) is 12.7 Å². The zero-order valence-corrected chi connectivity index (χ0v) is 9.67. The minimum Gasteiger partial charge on any atom is -0.465 e. The van der Waals surface area contributed by atoms with Crippen molar-refractivity contribution in [1.29, 1.82) is 0 Å². The van der Waals surface area contributed by atoms with Crippen molar-refractivity contribution in [3.05, 3.63) is 53.6 Å². The van der Waals surface area contributed by atoms with Crippen LogP contribution in [0.3, 0.4) is 0 Å². The fourth-order valence-electron chi connectivity index (χ4n) is 1.73. The van der Waals surface area contributed by atoms with E-state index in [0.717, 1.165) is 0 Å². The predicted octanol–water partition coefficient (Wildman–Crippen LogP) is 1.56. The van der Waals surface area contributed by atoms with Crippen LogP contribution in [0.1, 0.15) is 15.9 Å². The molecule has 0 amide bonds. The second-order valence-electron chi connectivity index (χ2n) is 3.70. The molecular formula is C14H10O4. The van der Waals surface area contributed by atoms with Gasteiger partial charge in [-0.25, -0.2) is 4.79 Å². The first-order valence-electron chi connectivity index (χ1n) is 5.29. The van der Waals surface area contributed by atoms with Gasteiger partial charge in [-0.3, -0.25) is 9.59 Å². The highest BCUT2D eigenvalue weighted by Crippen LogP contribution is 2.23. The van der Waals surface area contributed by atoms with Crippen molar-refractivity contribution in [1.82, 2.24) is 0 Å². The van der Waals surface area contributed by atoms with E-state index in [9.17, 15) is 14.4 Å². The molecule has 4 heteroatoms. The highest BCUT2D eigenvalue weighted by molar-refractivity contribution is 6.34. The molecule has 0 spiro atoms. The Morgan fingerprint density at radius 2 is 1.83 bits per heavy atom. The molecule has 18 heavy (non-hydrogen) atoms. The zero-order chi connectivity index (χ0) is 13.1. The van der Waals surface area contributed by atoms with Crippen LogP contribution in [0, 0.1) is 0 Å². The van der Waals surface area contributed by atoms with Crippen LogP contribution in [0.25, 0.3) is 5.57 Å². The fourth-order valence-corrected chi connectivity index (χ4v) is 1.73. The van der Waals surface area contributed by atoms with Crippen LogP contribution in [0.5, 0.6) is 0 Å². The van der Waals surface area contributed by atoms with E-state index in [2.05, 4.69) is 4.74 Å². The lowest BCUT2D eigenvalue weighted by Gasteiger charge is -2.11. The van der Waals surface area contributed by atoms with E-state index in [1.165, 1.54) is 25.3 Å². The van der Waals surface area contributed by atoms with Gasteiger partial charge in [0.25, 0.3) is 0 Å². The number of hydrogen-bond acceptors (Lipinski definition) is 4. The summed E-state index contributed by atoms with van der Waals surface area (Å²) in [6, 6.07) is 6.53. The number of carbonyl (C=O) groups is 3. The molecule has 2 rings (SSSR count). The number of allylic oxidation sites excluding steroid dienone is 4. The van der Waals surface area contributed by atoms with Gasteiger partial charge in [-0.2, -0.15) is 0 Å². The monoisotopic (exact) mass is 242 g/mol. The molecule has 0 unspecified atom stereocenters. The Morgan fingerprint density at radius 3 is 2.56 bits per heavy atom. The standard InChI is InChI=1S/C14H10O4/c1-18-14(17)11-5-3-2-4-10(11)12-8-9(15)6-7-13(12)16/h2-8H,1H3. The summed E-state index contributed by atoms with van der Waals surface area (Å²) < 4.78 is 4.65. The number of methoxy groups -OCH3 is 1. The summed E-state index contributed by atoms with van der Waals surface area (Å²) in [5.41, 5.74) is 0.887. The first-order valence-corrected chi connectivity index (χ1v) is 5.29. The summed E-state index contributed by atoms with van der Waals surface area (Å²) in [6.07, 6.45) is 3.63. The molecule has 4 nitrogen and oxygen atoms in total. The third kappa shape index (κ3) is 2.13. The Morgan fingerprint density at radius 1 is 1.11 bits per heavy atom. The Kier molecular flexibility index (Phi) is 3.19. The van der Waals surface area contributed by atoms with Crippen molar-refractivity contribution in [2.24, 2.45) is 0 Å². The molecule has 0 saturated carbocycles. The predicted molar refractivity (Wildman–Crippen MR) is 64.9 cm³/mol. The molecule has 1 aromatic carbocycles. The minimum atomic E-state index is -0.540. The fraction of sp³-hybridized carbons (Fsp3) is 0.0714. The minimum absolute atomic E-state index is 0.212. The molecule has 0 aliphatic heterocycles. The normalized spacial score (nSPS) is 14.4. The summed E-state index contributed by atoms with van der Waals surface area (Å²) in [6.45, 7) is 0. The highest BCUT2D eigenvalue weighted by atomic mass is 16.5. The van der Waals surface area contributed by atoms with Gasteiger partial charge in [0.1, 0.15) is 0 Å². The number of ether oxygens (including phenoxy) is 1. The van der Waals surface area contributed by atoms with E-state index >= 15 is 0 Å². The summed E-state index contributed by atoms with van der Waals surface area (Å²) in [5, 5.41) is 0. The molecule has 1 aromatic rings. The van der Waals surface area contributed by atoms with Gasteiger partial charge in [-0.15, -0.1) is 0 Å². The number of carbonyl (C=O) groups excluding carboxylic acids is 3. The second-order valence-corrected chi connectivity index (χ2v) is 3.70. The van der Waals surface area contributed by atoms with Crippen LogP contribution >= 0.6 is 0 Å². The Bertz CT molecular complexity index is 594. The van der Waals surface area contributed by atoms with Crippen LogP contribution < -0.4 is 0 Å². The number of benzene rings is 1. The van der Waals surface area contributed by atoms with Crippen LogP contribution in [0.2, 0.25) is 0 Å². The Hall–Kier alpha value is -2.49. The van der Waals surface area contributed by atoms with Gasteiger partial charge < -0.3 is 4.74 Å². The second kappa shape index (κ2) is 4.79. The van der Waals surface area contributed by atoms with E-state index in [0.29, 0.717) is 5.56 Å². The lowest BCUT2D eigenvalue weighted by atomic mass is 9.93. The number of rotatable bonds is 2. The van der Waals surface area contributed by atoms with Gasteiger partial charge in [0, 0.05) is 11.1 Å². The molecule has 0 saturated heterocycles. The van der Waals surface area contributed by atoms with E-state index in [1.807, 2.05) is 0 Å². The average Bonchev–Trinajstić information content (AvgIpc) is 2.40. The summed E-state index contributed by atoms with van der Waals surface area (Å²) >= 11 is 0. The average molecular weight is 242 g/mol.